The lowest BCUT2D eigenvalue weighted by atomic mass is 10.1. The van der Waals surface area contributed by atoms with Crippen LogP contribution in [0.15, 0.2) is 46.9 Å². The lowest BCUT2D eigenvalue weighted by Crippen LogP contribution is -2.30. The molecule has 0 saturated carbocycles. The molecule has 2 aromatic rings. The number of para-hydroxylation sites is 1. The van der Waals surface area contributed by atoms with E-state index < -0.39 is 0 Å². The second-order valence-corrected chi connectivity index (χ2v) is 5.93. The first-order valence-corrected chi connectivity index (χ1v) is 7.77. The number of anilines is 1. The number of nitrogens with zero attached hydrogens (tertiary/aromatic N) is 1. The van der Waals surface area contributed by atoms with Gasteiger partial charge in [0, 0.05) is 28.3 Å². The van der Waals surface area contributed by atoms with Crippen LogP contribution in [0.2, 0.25) is 5.02 Å². The second-order valence-electron chi connectivity index (χ2n) is 4.64. The molecule has 110 valence electrons. The van der Waals surface area contributed by atoms with Gasteiger partial charge in [0.05, 0.1) is 5.56 Å². The van der Waals surface area contributed by atoms with Crippen LogP contribution in [-0.2, 0) is 6.54 Å². The number of carbonyl (C=O) groups excluding carboxylic acids is 1. The largest absolute Gasteiger partial charge is 0.398 e. The Morgan fingerprint density at radius 1 is 1.29 bits per heavy atom. The molecule has 2 aromatic carbocycles. The van der Waals surface area contributed by atoms with Crippen molar-refractivity contribution < 1.29 is 4.79 Å². The Morgan fingerprint density at radius 2 is 2.00 bits per heavy atom. The van der Waals surface area contributed by atoms with Crippen LogP contribution in [0.1, 0.15) is 22.8 Å². The van der Waals surface area contributed by atoms with E-state index in [2.05, 4.69) is 15.9 Å². The number of rotatable bonds is 4. The highest BCUT2D eigenvalue weighted by atomic mass is 79.9. The first kappa shape index (κ1) is 15.9. The minimum absolute atomic E-state index is 0.0740. The van der Waals surface area contributed by atoms with Crippen molar-refractivity contribution >= 4 is 39.1 Å². The Bertz CT molecular complexity index is 660. The van der Waals surface area contributed by atoms with Gasteiger partial charge >= 0.3 is 0 Å². The highest BCUT2D eigenvalue weighted by Gasteiger charge is 2.18. The maximum atomic E-state index is 12.7. The van der Waals surface area contributed by atoms with Crippen molar-refractivity contribution in [1.82, 2.24) is 4.90 Å². The summed E-state index contributed by atoms with van der Waals surface area (Å²) < 4.78 is 0.733. The van der Waals surface area contributed by atoms with Gasteiger partial charge in [-0.2, -0.15) is 0 Å². The number of halogens is 2. The second kappa shape index (κ2) is 6.96. The summed E-state index contributed by atoms with van der Waals surface area (Å²) in [4.78, 5) is 14.4. The van der Waals surface area contributed by atoms with E-state index in [1.54, 1.807) is 23.1 Å². The van der Waals surface area contributed by atoms with Crippen LogP contribution >= 0.6 is 27.5 Å². The Kier molecular flexibility index (Phi) is 5.26. The zero-order chi connectivity index (χ0) is 15.4. The first-order chi connectivity index (χ1) is 10.0. The molecule has 21 heavy (non-hydrogen) atoms. The minimum Gasteiger partial charge on any atom is -0.398 e. The van der Waals surface area contributed by atoms with E-state index in [1.807, 2.05) is 31.2 Å². The van der Waals surface area contributed by atoms with Gasteiger partial charge in [-0.15, -0.1) is 0 Å². The highest BCUT2D eigenvalue weighted by molar-refractivity contribution is 9.10. The summed E-state index contributed by atoms with van der Waals surface area (Å²) in [7, 11) is 0. The van der Waals surface area contributed by atoms with E-state index in [0.29, 0.717) is 29.4 Å². The Hall–Kier alpha value is -1.52. The molecule has 0 aliphatic rings. The highest BCUT2D eigenvalue weighted by Crippen LogP contribution is 2.24. The molecule has 0 aliphatic heterocycles. The van der Waals surface area contributed by atoms with Crippen LogP contribution in [0, 0.1) is 0 Å². The summed E-state index contributed by atoms with van der Waals surface area (Å²) in [5.74, 6) is -0.0740. The van der Waals surface area contributed by atoms with Gasteiger partial charge in [0.1, 0.15) is 0 Å². The normalized spacial score (nSPS) is 10.4. The number of nitrogen functional groups attached to an aromatic ring is 1. The quantitative estimate of drug-likeness (QED) is 0.817. The zero-order valence-electron chi connectivity index (χ0n) is 11.6. The molecule has 2 N–H and O–H groups in total. The molecule has 0 aliphatic carbocycles. The molecular weight excluding hydrogens is 352 g/mol. The molecule has 0 atom stereocenters. The molecule has 3 nitrogen and oxygen atoms in total. The smallest absolute Gasteiger partial charge is 0.255 e. The van der Waals surface area contributed by atoms with Crippen molar-refractivity contribution in [3.8, 4) is 0 Å². The van der Waals surface area contributed by atoms with Crippen LogP contribution in [0.5, 0.6) is 0 Å². The molecule has 0 fully saturated rings. The molecule has 0 saturated heterocycles. The van der Waals surface area contributed by atoms with E-state index in [1.165, 1.54) is 0 Å². The number of benzene rings is 2. The van der Waals surface area contributed by atoms with Crippen molar-refractivity contribution in [2.75, 3.05) is 12.3 Å². The fraction of sp³-hybridized carbons (Fsp3) is 0.188. The third-order valence-electron chi connectivity index (χ3n) is 3.24. The standard InChI is InChI=1S/C16H16BrClN2O/c1-2-20(10-11-5-3-4-6-15(11)19)16(21)13-9-12(18)7-8-14(13)17/h3-9H,2,10,19H2,1H3. The third-order valence-corrected chi connectivity index (χ3v) is 4.17. The molecule has 0 aromatic heterocycles. The summed E-state index contributed by atoms with van der Waals surface area (Å²) in [5, 5.41) is 0.539. The first-order valence-electron chi connectivity index (χ1n) is 6.60. The molecular formula is C16H16BrClN2O. The summed E-state index contributed by atoms with van der Waals surface area (Å²) in [6.07, 6.45) is 0. The van der Waals surface area contributed by atoms with Gasteiger partial charge in [0.15, 0.2) is 0 Å². The fourth-order valence-corrected chi connectivity index (χ4v) is 2.63. The van der Waals surface area contributed by atoms with E-state index in [9.17, 15) is 4.79 Å². The van der Waals surface area contributed by atoms with E-state index >= 15 is 0 Å². The molecule has 1 amide bonds. The average Bonchev–Trinajstić information content (AvgIpc) is 2.48. The summed E-state index contributed by atoms with van der Waals surface area (Å²) in [6.45, 7) is 3.00. The van der Waals surface area contributed by atoms with E-state index in [4.69, 9.17) is 17.3 Å². The maximum Gasteiger partial charge on any atom is 0.255 e. The average molecular weight is 368 g/mol. The van der Waals surface area contributed by atoms with Crippen molar-refractivity contribution in [3.63, 3.8) is 0 Å². The maximum absolute atomic E-state index is 12.7. The Labute approximate surface area is 137 Å². The van der Waals surface area contributed by atoms with Crippen LogP contribution in [0.3, 0.4) is 0 Å². The van der Waals surface area contributed by atoms with Crippen LogP contribution in [-0.4, -0.2) is 17.4 Å². The third kappa shape index (κ3) is 3.77. The molecule has 0 bridgehead atoms. The monoisotopic (exact) mass is 366 g/mol. The summed E-state index contributed by atoms with van der Waals surface area (Å²) in [5.41, 5.74) is 8.13. The summed E-state index contributed by atoms with van der Waals surface area (Å²) in [6, 6.07) is 12.8. The van der Waals surface area contributed by atoms with Crippen molar-refractivity contribution in [2.45, 2.75) is 13.5 Å². The Balaban J connectivity index is 2.27. The van der Waals surface area contributed by atoms with Crippen LogP contribution in [0.25, 0.3) is 0 Å². The van der Waals surface area contributed by atoms with Gasteiger partial charge in [0.2, 0.25) is 0 Å². The predicted molar refractivity (Wildman–Crippen MR) is 90.4 cm³/mol. The Morgan fingerprint density at radius 3 is 2.67 bits per heavy atom. The number of amides is 1. The van der Waals surface area contributed by atoms with Crippen LogP contribution in [0.4, 0.5) is 5.69 Å². The molecule has 0 spiro atoms. The van der Waals surface area contributed by atoms with Crippen molar-refractivity contribution in [2.24, 2.45) is 0 Å². The van der Waals surface area contributed by atoms with Crippen molar-refractivity contribution in [1.29, 1.82) is 0 Å². The van der Waals surface area contributed by atoms with Crippen molar-refractivity contribution in [3.05, 3.63) is 63.1 Å². The fourth-order valence-electron chi connectivity index (χ4n) is 2.04. The molecule has 5 heteroatoms. The lowest BCUT2D eigenvalue weighted by molar-refractivity contribution is 0.0752. The van der Waals surface area contributed by atoms with Gasteiger partial charge in [-0.25, -0.2) is 0 Å². The van der Waals surface area contributed by atoms with Gasteiger partial charge < -0.3 is 10.6 Å². The molecule has 0 radical (unpaired) electrons. The van der Waals surface area contributed by atoms with Crippen LogP contribution < -0.4 is 5.73 Å². The summed E-state index contributed by atoms with van der Waals surface area (Å²) >= 11 is 9.38. The van der Waals surface area contributed by atoms with Gasteiger partial charge in [0.25, 0.3) is 5.91 Å². The molecule has 0 unspecified atom stereocenters. The zero-order valence-corrected chi connectivity index (χ0v) is 14.0. The number of hydrogen-bond donors (Lipinski definition) is 1. The van der Waals surface area contributed by atoms with Gasteiger partial charge in [-0.3, -0.25) is 4.79 Å². The van der Waals surface area contributed by atoms with Gasteiger partial charge in [-0.1, -0.05) is 29.8 Å². The number of hydrogen-bond acceptors (Lipinski definition) is 2. The van der Waals surface area contributed by atoms with E-state index in [-0.39, 0.29) is 5.91 Å². The topological polar surface area (TPSA) is 46.3 Å². The van der Waals surface area contributed by atoms with Gasteiger partial charge in [-0.05, 0) is 52.7 Å². The predicted octanol–water partition coefficient (Wildman–Crippen LogP) is 4.35. The van der Waals surface area contributed by atoms with E-state index in [0.717, 1.165) is 10.0 Å². The lowest BCUT2D eigenvalue weighted by Gasteiger charge is -2.22. The minimum atomic E-state index is -0.0740. The number of nitrogens with two attached hydrogens (primary N) is 1. The molecule has 0 heterocycles. The number of carbonyl (C=O) groups is 1. The SMILES string of the molecule is CCN(Cc1ccccc1N)C(=O)c1cc(Cl)ccc1Br. The molecule has 2 rings (SSSR count).